The molecule has 0 fully saturated rings. The van der Waals surface area contributed by atoms with Gasteiger partial charge in [-0.2, -0.15) is 10.2 Å². The molecule has 0 radical (unpaired) electrons. The van der Waals surface area contributed by atoms with Crippen molar-refractivity contribution >= 4 is 6.08 Å². The standard InChI is InChI=1S/C26H27FN2O/c1-3-18-30-23-14-12-22(13-15-23)25-19-21(9-6-4-5-8-20(2)27)11-16-24(25)26-10-7-17-28-29-26/h3,6-7,9-17,19-20H,1,4-5,8,18H2,2H3. The maximum Gasteiger partial charge on any atom is 0.119 e. The minimum atomic E-state index is -0.741. The Morgan fingerprint density at radius 3 is 2.63 bits per heavy atom. The van der Waals surface area contributed by atoms with Crippen molar-refractivity contribution in [1.82, 2.24) is 10.2 Å². The van der Waals surface area contributed by atoms with E-state index < -0.39 is 6.17 Å². The number of ether oxygens (including phenoxy) is 1. The lowest BCUT2D eigenvalue weighted by atomic mass is 9.95. The number of unbranched alkanes of at least 4 members (excludes halogenated alkanes) is 1. The summed E-state index contributed by atoms with van der Waals surface area (Å²) >= 11 is 0. The van der Waals surface area contributed by atoms with Crippen LogP contribution in [-0.2, 0) is 0 Å². The molecule has 0 aliphatic heterocycles. The van der Waals surface area contributed by atoms with Crippen molar-refractivity contribution in [3.05, 3.63) is 85.1 Å². The van der Waals surface area contributed by atoms with Gasteiger partial charge in [0.2, 0.25) is 0 Å². The number of halogens is 1. The highest BCUT2D eigenvalue weighted by Gasteiger charge is 2.10. The highest BCUT2D eigenvalue weighted by atomic mass is 19.1. The van der Waals surface area contributed by atoms with Gasteiger partial charge in [-0.3, -0.25) is 0 Å². The van der Waals surface area contributed by atoms with Gasteiger partial charge in [-0.05, 0) is 73.2 Å². The first-order valence-electron chi connectivity index (χ1n) is 10.2. The SMILES string of the molecule is C=CCOc1ccc(-c2cc(C=CCCCC(C)F)ccc2-c2cccnn2)cc1. The van der Waals surface area contributed by atoms with Gasteiger partial charge in [0.25, 0.3) is 0 Å². The van der Waals surface area contributed by atoms with Gasteiger partial charge in [-0.25, -0.2) is 4.39 Å². The van der Waals surface area contributed by atoms with Gasteiger partial charge in [0.1, 0.15) is 12.4 Å². The first-order chi connectivity index (χ1) is 14.7. The van der Waals surface area contributed by atoms with Gasteiger partial charge in [0.15, 0.2) is 0 Å². The van der Waals surface area contributed by atoms with E-state index in [4.69, 9.17) is 4.74 Å². The number of aromatic nitrogens is 2. The molecule has 0 spiro atoms. The Balaban J connectivity index is 1.89. The molecule has 1 aromatic heterocycles. The summed E-state index contributed by atoms with van der Waals surface area (Å²) in [5.41, 5.74) is 5.09. The number of nitrogens with zero attached hydrogens (tertiary/aromatic N) is 2. The number of rotatable bonds is 10. The molecule has 30 heavy (non-hydrogen) atoms. The zero-order valence-corrected chi connectivity index (χ0v) is 17.3. The lowest BCUT2D eigenvalue weighted by Crippen LogP contribution is -1.93. The van der Waals surface area contributed by atoms with Crippen LogP contribution in [0.3, 0.4) is 0 Å². The zero-order chi connectivity index (χ0) is 21.2. The van der Waals surface area contributed by atoms with Crippen LogP contribution in [0.1, 0.15) is 31.7 Å². The van der Waals surface area contributed by atoms with Gasteiger partial charge in [-0.1, -0.05) is 49.1 Å². The molecule has 1 heterocycles. The molecule has 0 aliphatic carbocycles. The summed E-state index contributed by atoms with van der Waals surface area (Å²) in [5, 5.41) is 8.31. The molecule has 2 aromatic carbocycles. The van der Waals surface area contributed by atoms with E-state index in [1.807, 2.05) is 36.4 Å². The van der Waals surface area contributed by atoms with E-state index in [1.54, 1.807) is 19.2 Å². The van der Waals surface area contributed by atoms with Crippen molar-refractivity contribution in [1.29, 1.82) is 0 Å². The van der Waals surface area contributed by atoms with E-state index in [9.17, 15) is 4.39 Å². The molecule has 4 heteroatoms. The fraction of sp³-hybridized carbons (Fsp3) is 0.231. The molecule has 0 saturated heterocycles. The van der Waals surface area contributed by atoms with E-state index >= 15 is 0 Å². The monoisotopic (exact) mass is 402 g/mol. The van der Waals surface area contributed by atoms with Crippen LogP contribution in [0.25, 0.3) is 28.5 Å². The normalized spacial score (nSPS) is 12.1. The molecular weight excluding hydrogens is 375 g/mol. The third-order valence-electron chi connectivity index (χ3n) is 4.71. The van der Waals surface area contributed by atoms with Crippen molar-refractivity contribution < 1.29 is 9.13 Å². The summed E-state index contributed by atoms with van der Waals surface area (Å²) in [5.74, 6) is 0.804. The van der Waals surface area contributed by atoms with Crippen LogP contribution in [0.2, 0.25) is 0 Å². The quantitative estimate of drug-likeness (QED) is 0.273. The summed E-state index contributed by atoms with van der Waals surface area (Å²) in [6.45, 7) is 5.76. The molecule has 3 aromatic rings. The molecule has 1 unspecified atom stereocenters. The summed E-state index contributed by atoms with van der Waals surface area (Å²) in [7, 11) is 0. The van der Waals surface area contributed by atoms with Gasteiger partial charge in [-0.15, -0.1) is 0 Å². The van der Waals surface area contributed by atoms with E-state index in [0.29, 0.717) is 13.0 Å². The maximum absolute atomic E-state index is 12.9. The Bertz CT molecular complexity index is 966. The summed E-state index contributed by atoms with van der Waals surface area (Å²) in [6, 6.07) is 18.2. The fourth-order valence-electron chi connectivity index (χ4n) is 3.20. The Hall–Kier alpha value is -3.27. The van der Waals surface area contributed by atoms with Crippen LogP contribution in [0.4, 0.5) is 4.39 Å². The third-order valence-corrected chi connectivity index (χ3v) is 4.71. The Labute approximate surface area is 178 Å². The highest BCUT2D eigenvalue weighted by Crippen LogP contribution is 2.33. The third kappa shape index (κ3) is 6.11. The van der Waals surface area contributed by atoms with Crippen molar-refractivity contribution in [3.63, 3.8) is 0 Å². The van der Waals surface area contributed by atoms with Crippen molar-refractivity contribution in [2.24, 2.45) is 0 Å². The number of benzene rings is 2. The highest BCUT2D eigenvalue weighted by molar-refractivity contribution is 5.83. The predicted octanol–water partition coefficient (Wildman–Crippen LogP) is 6.92. The van der Waals surface area contributed by atoms with E-state index in [2.05, 4.69) is 47.1 Å². The minimum absolute atomic E-state index is 0.478. The molecule has 0 N–H and O–H groups in total. The summed E-state index contributed by atoms with van der Waals surface area (Å²) in [6.07, 6.45) is 9.17. The van der Waals surface area contributed by atoms with Crippen LogP contribution in [0.5, 0.6) is 5.75 Å². The number of allylic oxidation sites excluding steroid dienone is 1. The minimum Gasteiger partial charge on any atom is -0.490 e. The average Bonchev–Trinajstić information content (AvgIpc) is 2.78. The first kappa shape index (κ1) is 21.4. The largest absolute Gasteiger partial charge is 0.490 e. The summed E-state index contributed by atoms with van der Waals surface area (Å²) in [4.78, 5) is 0. The number of alkyl halides is 1. The lowest BCUT2D eigenvalue weighted by Gasteiger charge is -2.11. The van der Waals surface area contributed by atoms with E-state index in [-0.39, 0.29) is 0 Å². The van der Waals surface area contributed by atoms with Crippen LogP contribution in [0.15, 0.2) is 79.5 Å². The topological polar surface area (TPSA) is 35.0 Å². The van der Waals surface area contributed by atoms with Crippen molar-refractivity contribution in [3.8, 4) is 28.1 Å². The molecule has 3 nitrogen and oxygen atoms in total. The van der Waals surface area contributed by atoms with Crippen molar-refractivity contribution in [2.45, 2.75) is 32.4 Å². The maximum atomic E-state index is 12.9. The van der Waals surface area contributed by atoms with Crippen LogP contribution in [-0.4, -0.2) is 23.0 Å². The number of hydrogen-bond acceptors (Lipinski definition) is 3. The first-order valence-corrected chi connectivity index (χ1v) is 10.2. The smallest absolute Gasteiger partial charge is 0.119 e. The van der Waals surface area contributed by atoms with E-state index in [0.717, 1.165) is 46.5 Å². The average molecular weight is 403 g/mol. The second-order valence-electron chi connectivity index (χ2n) is 7.15. The van der Waals surface area contributed by atoms with Gasteiger partial charge >= 0.3 is 0 Å². The van der Waals surface area contributed by atoms with Crippen LogP contribution >= 0.6 is 0 Å². The van der Waals surface area contributed by atoms with Crippen LogP contribution < -0.4 is 4.74 Å². The van der Waals surface area contributed by atoms with E-state index in [1.165, 1.54) is 0 Å². The second kappa shape index (κ2) is 11.1. The molecule has 0 aliphatic rings. The van der Waals surface area contributed by atoms with Crippen LogP contribution in [0, 0.1) is 0 Å². The molecule has 1 atom stereocenters. The molecule has 3 rings (SSSR count). The zero-order valence-electron chi connectivity index (χ0n) is 17.3. The molecule has 0 amide bonds. The fourth-order valence-corrected chi connectivity index (χ4v) is 3.20. The van der Waals surface area contributed by atoms with Gasteiger partial charge in [0.05, 0.1) is 11.9 Å². The van der Waals surface area contributed by atoms with Gasteiger partial charge in [0, 0.05) is 11.8 Å². The Morgan fingerprint density at radius 2 is 1.93 bits per heavy atom. The predicted molar refractivity (Wildman–Crippen MR) is 122 cm³/mol. The molecule has 154 valence electrons. The molecule has 0 bridgehead atoms. The Morgan fingerprint density at radius 1 is 1.10 bits per heavy atom. The molecule has 0 saturated carbocycles. The molecular formula is C26H27FN2O. The Kier molecular flexibility index (Phi) is 7.90. The number of hydrogen-bond donors (Lipinski definition) is 0. The lowest BCUT2D eigenvalue weighted by molar-refractivity contribution is 0.335. The summed E-state index contributed by atoms with van der Waals surface area (Å²) < 4.78 is 18.5. The van der Waals surface area contributed by atoms with Gasteiger partial charge < -0.3 is 4.74 Å². The second-order valence-corrected chi connectivity index (χ2v) is 7.15. The van der Waals surface area contributed by atoms with Crippen molar-refractivity contribution in [2.75, 3.05) is 6.61 Å².